The van der Waals surface area contributed by atoms with Gasteiger partial charge in [0.25, 0.3) is 5.56 Å². The SMILES string of the molecule is Cc1cnc(NC2COCC(C(C)(C)c3ccc4c(=O)[nH][nH]c4c3)C2)s1. The summed E-state index contributed by atoms with van der Waals surface area (Å²) in [5, 5.41) is 10.8. The van der Waals surface area contributed by atoms with Crippen LogP contribution in [0.3, 0.4) is 0 Å². The molecule has 0 amide bonds. The lowest BCUT2D eigenvalue weighted by Gasteiger charge is -2.40. The number of aromatic nitrogens is 3. The lowest BCUT2D eigenvalue weighted by Crippen LogP contribution is -2.43. The molecule has 3 aromatic rings. The number of thiazole rings is 1. The van der Waals surface area contributed by atoms with Crippen molar-refractivity contribution in [1.29, 1.82) is 0 Å². The second-order valence-corrected chi connectivity index (χ2v) is 8.88. The fourth-order valence-electron chi connectivity index (χ4n) is 3.71. The minimum atomic E-state index is -0.0756. The van der Waals surface area contributed by atoms with Crippen LogP contribution in [0.4, 0.5) is 5.13 Å². The summed E-state index contributed by atoms with van der Waals surface area (Å²) < 4.78 is 5.92. The second-order valence-electron chi connectivity index (χ2n) is 7.65. The third kappa shape index (κ3) is 3.17. The van der Waals surface area contributed by atoms with Gasteiger partial charge >= 0.3 is 0 Å². The number of hydrogen-bond acceptors (Lipinski definition) is 5. The summed E-state index contributed by atoms with van der Waals surface area (Å²) in [4.78, 5) is 17.3. The molecule has 4 rings (SSSR count). The number of nitrogens with one attached hydrogen (secondary N) is 3. The lowest BCUT2D eigenvalue weighted by atomic mass is 9.70. The number of aromatic amines is 2. The van der Waals surface area contributed by atoms with E-state index >= 15 is 0 Å². The number of fused-ring (bicyclic) bond motifs is 1. The van der Waals surface area contributed by atoms with Crippen molar-refractivity contribution in [3.05, 3.63) is 45.2 Å². The standard InChI is InChI=1S/C19H24N4O2S/c1-11-8-20-18(26-11)21-14-6-13(9-25-10-14)19(2,3)12-4-5-15-16(7-12)22-23-17(15)24/h4-5,7-8,13-14H,6,9-10H2,1-3H3,(H,20,21)(H2,22,23,24). The van der Waals surface area contributed by atoms with E-state index in [4.69, 9.17) is 4.74 Å². The molecule has 1 fully saturated rings. The molecule has 2 atom stereocenters. The molecular weight excluding hydrogens is 348 g/mol. The van der Waals surface area contributed by atoms with E-state index in [-0.39, 0.29) is 17.0 Å². The quantitative estimate of drug-likeness (QED) is 0.655. The molecule has 0 aliphatic carbocycles. The minimum absolute atomic E-state index is 0.0680. The lowest BCUT2D eigenvalue weighted by molar-refractivity contribution is 0.0195. The minimum Gasteiger partial charge on any atom is -0.379 e. The largest absolute Gasteiger partial charge is 0.379 e. The van der Waals surface area contributed by atoms with Crippen molar-refractivity contribution in [3.8, 4) is 0 Å². The molecule has 1 aromatic carbocycles. The molecule has 0 saturated carbocycles. The molecule has 7 heteroatoms. The Morgan fingerprint density at radius 1 is 1.31 bits per heavy atom. The Bertz CT molecular complexity index is 971. The molecule has 3 heterocycles. The topological polar surface area (TPSA) is 82.8 Å². The predicted molar refractivity (Wildman–Crippen MR) is 105 cm³/mol. The first-order valence-electron chi connectivity index (χ1n) is 8.91. The Balaban J connectivity index is 1.54. The predicted octanol–water partition coefficient (Wildman–Crippen LogP) is 3.42. The van der Waals surface area contributed by atoms with E-state index in [1.165, 1.54) is 10.4 Å². The summed E-state index contributed by atoms with van der Waals surface area (Å²) >= 11 is 1.68. The van der Waals surface area contributed by atoms with E-state index in [0.717, 1.165) is 23.7 Å². The Labute approximate surface area is 156 Å². The van der Waals surface area contributed by atoms with E-state index < -0.39 is 0 Å². The maximum Gasteiger partial charge on any atom is 0.271 e. The van der Waals surface area contributed by atoms with Crippen LogP contribution in [0.15, 0.2) is 29.2 Å². The molecule has 3 N–H and O–H groups in total. The average molecular weight is 372 g/mol. The van der Waals surface area contributed by atoms with E-state index in [9.17, 15) is 4.79 Å². The third-order valence-corrected chi connectivity index (χ3v) is 6.34. The first-order valence-corrected chi connectivity index (χ1v) is 9.73. The van der Waals surface area contributed by atoms with Crippen LogP contribution < -0.4 is 10.9 Å². The fourth-order valence-corrected chi connectivity index (χ4v) is 4.45. The van der Waals surface area contributed by atoms with Crippen molar-refractivity contribution in [2.45, 2.75) is 38.6 Å². The Morgan fingerprint density at radius 3 is 2.92 bits per heavy atom. The molecule has 2 aromatic heterocycles. The maximum absolute atomic E-state index is 11.7. The highest BCUT2D eigenvalue weighted by atomic mass is 32.1. The van der Waals surface area contributed by atoms with Crippen molar-refractivity contribution in [2.75, 3.05) is 18.5 Å². The summed E-state index contributed by atoms with van der Waals surface area (Å²) in [5.41, 5.74) is 1.92. The zero-order valence-electron chi connectivity index (χ0n) is 15.3. The van der Waals surface area contributed by atoms with Gasteiger partial charge in [0.2, 0.25) is 0 Å². The summed E-state index contributed by atoms with van der Waals surface area (Å²) in [5.74, 6) is 0.373. The number of ether oxygens (including phenoxy) is 1. The number of hydrogen-bond donors (Lipinski definition) is 3. The molecule has 2 unspecified atom stereocenters. The van der Waals surface area contributed by atoms with Crippen LogP contribution in [0.5, 0.6) is 0 Å². The molecular formula is C19H24N4O2S. The van der Waals surface area contributed by atoms with Gasteiger partial charge in [0.05, 0.1) is 30.2 Å². The van der Waals surface area contributed by atoms with Gasteiger partial charge < -0.3 is 10.1 Å². The van der Waals surface area contributed by atoms with Crippen LogP contribution in [0.25, 0.3) is 10.9 Å². The molecule has 26 heavy (non-hydrogen) atoms. The van der Waals surface area contributed by atoms with Crippen molar-refractivity contribution in [2.24, 2.45) is 5.92 Å². The number of anilines is 1. The van der Waals surface area contributed by atoms with Gasteiger partial charge in [-0.2, -0.15) is 0 Å². The Morgan fingerprint density at radius 2 is 2.15 bits per heavy atom. The van der Waals surface area contributed by atoms with Gasteiger partial charge in [-0.1, -0.05) is 19.9 Å². The van der Waals surface area contributed by atoms with Crippen LogP contribution in [0, 0.1) is 12.8 Å². The van der Waals surface area contributed by atoms with Gasteiger partial charge in [-0.3, -0.25) is 15.0 Å². The normalized spacial score (nSPS) is 21.2. The molecule has 1 aliphatic rings. The van der Waals surface area contributed by atoms with E-state index in [1.54, 1.807) is 11.3 Å². The molecule has 6 nitrogen and oxygen atoms in total. The van der Waals surface area contributed by atoms with Gasteiger partial charge in [-0.25, -0.2) is 4.98 Å². The van der Waals surface area contributed by atoms with Gasteiger partial charge in [0.15, 0.2) is 5.13 Å². The van der Waals surface area contributed by atoms with E-state index in [1.807, 2.05) is 12.3 Å². The van der Waals surface area contributed by atoms with Crippen LogP contribution in [0.2, 0.25) is 0 Å². The summed E-state index contributed by atoms with van der Waals surface area (Å²) in [6, 6.07) is 6.30. The van der Waals surface area contributed by atoms with Gasteiger partial charge in [-0.15, -0.1) is 11.3 Å². The number of nitrogens with zero attached hydrogens (tertiary/aromatic N) is 1. The first-order chi connectivity index (χ1) is 12.4. The molecule has 1 aliphatic heterocycles. The van der Waals surface area contributed by atoms with Crippen LogP contribution in [-0.4, -0.2) is 34.4 Å². The van der Waals surface area contributed by atoms with Gasteiger partial charge in [0.1, 0.15) is 0 Å². The zero-order chi connectivity index (χ0) is 18.3. The summed E-state index contributed by atoms with van der Waals surface area (Å²) in [6.07, 6.45) is 2.91. The monoisotopic (exact) mass is 372 g/mol. The first kappa shape index (κ1) is 17.3. The van der Waals surface area contributed by atoms with E-state index in [2.05, 4.69) is 53.4 Å². The third-order valence-electron chi connectivity index (χ3n) is 5.50. The number of aryl methyl sites for hydroxylation is 1. The smallest absolute Gasteiger partial charge is 0.271 e. The number of benzene rings is 1. The van der Waals surface area contributed by atoms with Crippen molar-refractivity contribution < 1.29 is 4.74 Å². The van der Waals surface area contributed by atoms with E-state index in [0.29, 0.717) is 17.9 Å². The molecule has 0 spiro atoms. The van der Waals surface area contributed by atoms with Crippen molar-refractivity contribution >= 4 is 27.4 Å². The highest BCUT2D eigenvalue weighted by Gasteiger charge is 2.36. The molecule has 1 saturated heterocycles. The molecule has 0 bridgehead atoms. The van der Waals surface area contributed by atoms with Crippen molar-refractivity contribution in [3.63, 3.8) is 0 Å². The van der Waals surface area contributed by atoms with Crippen LogP contribution in [0.1, 0.15) is 30.7 Å². The molecule has 138 valence electrons. The summed E-state index contributed by atoms with van der Waals surface area (Å²) in [6.45, 7) is 8.01. The zero-order valence-corrected chi connectivity index (χ0v) is 16.1. The highest BCUT2D eigenvalue weighted by Crippen LogP contribution is 2.38. The number of rotatable bonds is 4. The van der Waals surface area contributed by atoms with Crippen LogP contribution >= 0.6 is 11.3 Å². The van der Waals surface area contributed by atoms with Gasteiger partial charge in [-0.05, 0) is 42.4 Å². The molecule has 0 radical (unpaired) electrons. The fraction of sp³-hybridized carbons (Fsp3) is 0.474. The number of H-pyrrole nitrogens is 2. The maximum atomic E-state index is 11.7. The van der Waals surface area contributed by atoms with Gasteiger partial charge in [0, 0.05) is 11.1 Å². The highest BCUT2D eigenvalue weighted by molar-refractivity contribution is 7.15. The van der Waals surface area contributed by atoms with Crippen LogP contribution in [-0.2, 0) is 10.2 Å². The second kappa shape index (κ2) is 6.55. The Kier molecular flexibility index (Phi) is 4.36. The Hall–Kier alpha value is -2.12. The summed E-state index contributed by atoms with van der Waals surface area (Å²) in [7, 11) is 0. The van der Waals surface area contributed by atoms with Crippen molar-refractivity contribution in [1.82, 2.24) is 15.2 Å². The average Bonchev–Trinajstić information content (AvgIpc) is 3.20.